The van der Waals surface area contributed by atoms with E-state index in [0.29, 0.717) is 29.4 Å². The molecular weight excluding hydrogens is 258 g/mol. The Morgan fingerprint density at radius 3 is 1.95 bits per heavy atom. The van der Waals surface area contributed by atoms with Gasteiger partial charge in [-0.2, -0.15) is 0 Å². The van der Waals surface area contributed by atoms with E-state index in [1.807, 2.05) is 13.8 Å². The lowest BCUT2D eigenvalue weighted by atomic mass is 9.78. The summed E-state index contributed by atoms with van der Waals surface area (Å²) < 4.78 is 16.0. The Bertz CT molecular complexity index is 418. The maximum atomic E-state index is 10.7. The first-order valence-electron chi connectivity index (χ1n) is 6.65. The highest BCUT2D eigenvalue weighted by molar-refractivity contribution is 5.52. The van der Waals surface area contributed by atoms with Crippen LogP contribution in [0.5, 0.6) is 17.2 Å². The van der Waals surface area contributed by atoms with Crippen molar-refractivity contribution in [3.8, 4) is 17.2 Å². The summed E-state index contributed by atoms with van der Waals surface area (Å²) in [5, 5.41) is 10.7. The van der Waals surface area contributed by atoms with E-state index in [1.165, 1.54) is 0 Å². The second-order valence-electron chi connectivity index (χ2n) is 5.06. The minimum atomic E-state index is -0.784. The van der Waals surface area contributed by atoms with Gasteiger partial charge in [-0.3, -0.25) is 0 Å². The van der Waals surface area contributed by atoms with Crippen LogP contribution >= 0.6 is 0 Å². The van der Waals surface area contributed by atoms with Gasteiger partial charge in [0.2, 0.25) is 0 Å². The summed E-state index contributed by atoms with van der Waals surface area (Å²) in [4.78, 5) is 0. The van der Waals surface area contributed by atoms with Crippen LogP contribution < -0.4 is 19.9 Å². The van der Waals surface area contributed by atoms with Crippen molar-refractivity contribution in [1.29, 1.82) is 0 Å². The van der Waals surface area contributed by atoms with Gasteiger partial charge in [0.1, 0.15) is 17.2 Å². The van der Waals surface area contributed by atoms with E-state index in [4.69, 9.17) is 19.9 Å². The molecule has 0 saturated heterocycles. The number of benzene rings is 1. The topological polar surface area (TPSA) is 73.9 Å². The molecule has 1 aromatic carbocycles. The minimum absolute atomic E-state index is 0.364. The normalized spacial score (nSPS) is 15.3. The molecule has 1 rings (SSSR count). The van der Waals surface area contributed by atoms with E-state index < -0.39 is 11.5 Å². The molecule has 1 aromatic rings. The van der Waals surface area contributed by atoms with Crippen LogP contribution in [0.2, 0.25) is 0 Å². The number of aliphatic hydroxyl groups excluding tert-OH is 1. The predicted octanol–water partition coefficient (Wildman–Crippen LogP) is 2.12. The molecule has 5 nitrogen and oxygen atoms in total. The van der Waals surface area contributed by atoms with Crippen molar-refractivity contribution in [2.75, 3.05) is 27.9 Å². The number of nitrogens with two attached hydrogens (primary N) is 1. The summed E-state index contributed by atoms with van der Waals surface area (Å²) in [5.74, 6) is 1.67. The molecule has 0 amide bonds. The zero-order chi connectivity index (χ0) is 15.3. The van der Waals surface area contributed by atoms with Gasteiger partial charge in [-0.25, -0.2) is 0 Å². The Kier molecular flexibility index (Phi) is 5.65. The van der Waals surface area contributed by atoms with Crippen LogP contribution in [0.1, 0.15) is 31.9 Å². The zero-order valence-electron chi connectivity index (χ0n) is 12.9. The van der Waals surface area contributed by atoms with Crippen LogP contribution in [0.25, 0.3) is 0 Å². The van der Waals surface area contributed by atoms with E-state index in [9.17, 15) is 5.11 Å². The number of rotatable bonds is 7. The Morgan fingerprint density at radius 2 is 1.65 bits per heavy atom. The second kappa shape index (κ2) is 6.81. The molecule has 0 spiro atoms. The van der Waals surface area contributed by atoms with E-state index in [1.54, 1.807) is 33.5 Å². The molecule has 0 fully saturated rings. The van der Waals surface area contributed by atoms with Crippen LogP contribution in [0.3, 0.4) is 0 Å². The third-order valence-electron chi connectivity index (χ3n) is 3.96. The molecule has 0 radical (unpaired) electrons. The molecule has 2 unspecified atom stereocenters. The van der Waals surface area contributed by atoms with Gasteiger partial charge in [0.05, 0.1) is 33.0 Å². The Balaban J connectivity index is 3.41. The summed E-state index contributed by atoms with van der Waals surface area (Å²) in [6.45, 7) is 4.31. The molecule has 0 aliphatic carbocycles. The van der Waals surface area contributed by atoms with Crippen molar-refractivity contribution in [2.24, 2.45) is 11.1 Å². The quantitative estimate of drug-likeness (QED) is 0.802. The molecule has 0 aromatic heterocycles. The van der Waals surface area contributed by atoms with Crippen LogP contribution in [0, 0.1) is 5.41 Å². The fourth-order valence-corrected chi connectivity index (χ4v) is 2.10. The van der Waals surface area contributed by atoms with Crippen molar-refractivity contribution in [3.63, 3.8) is 0 Å². The third-order valence-corrected chi connectivity index (χ3v) is 3.96. The van der Waals surface area contributed by atoms with Gasteiger partial charge < -0.3 is 25.1 Å². The molecule has 20 heavy (non-hydrogen) atoms. The molecule has 0 aliphatic rings. The fraction of sp³-hybridized carbons (Fsp3) is 0.600. The number of hydrogen-bond donors (Lipinski definition) is 2. The largest absolute Gasteiger partial charge is 0.496 e. The molecule has 0 bridgehead atoms. The number of aliphatic hydroxyl groups is 1. The molecule has 0 saturated carbocycles. The first kappa shape index (κ1) is 16.6. The Labute approximate surface area is 120 Å². The first-order chi connectivity index (χ1) is 9.47. The smallest absolute Gasteiger partial charge is 0.132 e. The zero-order valence-corrected chi connectivity index (χ0v) is 12.9. The summed E-state index contributed by atoms with van der Waals surface area (Å²) >= 11 is 0. The van der Waals surface area contributed by atoms with Gasteiger partial charge in [0.25, 0.3) is 0 Å². The monoisotopic (exact) mass is 283 g/mol. The third kappa shape index (κ3) is 2.99. The van der Waals surface area contributed by atoms with Crippen LogP contribution in [-0.2, 0) is 0 Å². The number of methoxy groups -OCH3 is 3. The summed E-state index contributed by atoms with van der Waals surface area (Å²) in [6, 6.07) is 3.46. The standard InChI is InChI=1S/C15H25NO4/c1-6-15(2,9-16)14(17)13-11(19-4)7-10(18-3)8-12(13)20-5/h7-8,14,17H,6,9,16H2,1-5H3. The predicted molar refractivity (Wildman–Crippen MR) is 78.5 cm³/mol. The highest BCUT2D eigenvalue weighted by Gasteiger charge is 2.35. The molecule has 5 heteroatoms. The van der Waals surface area contributed by atoms with Gasteiger partial charge in [-0.15, -0.1) is 0 Å². The fourth-order valence-electron chi connectivity index (χ4n) is 2.10. The van der Waals surface area contributed by atoms with E-state index in [2.05, 4.69) is 0 Å². The van der Waals surface area contributed by atoms with Crippen LogP contribution in [-0.4, -0.2) is 33.0 Å². The maximum absolute atomic E-state index is 10.7. The Hall–Kier alpha value is -1.46. The second-order valence-corrected chi connectivity index (χ2v) is 5.06. The van der Waals surface area contributed by atoms with Crippen molar-refractivity contribution >= 4 is 0 Å². The van der Waals surface area contributed by atoms with Crippen molar-refractivity contribution in [1.82, 2.24) is 0 Å². The van der Waals surface area contributed by atoms with Gasteiger partial charge in [-0.05, 0) is 6.42 Å². The lowest BCUT2D eigenvalue weighted by Crippen LogP contribution is -2.33. The van der Waals surface area contributed by atoms with Crippen LogP contribution in [0.15, 0.2) is 12.1 Å². The summed E-state index contributed by atoms with van der Waals surface area (Å²) in [6.07, 6.45) is -0.0449. The summed E-state index contributed by atoms with van der Waals surface area (Å²) in [7, 11) is 4.67. The average Bonchev–Trinajstić information content (AvgIpc) is 2.51. The van der Waals surface area contributed by atoms with E-state index in [0.717, 1.165) is 6.42 Å². The number of ether oxygens (including phenoxy) is 3. The van der Waals surface area contributed by atoms with E-state index >= 15 is 0 Å². The van der Waals surface area contributed by atoms with Gasteiger partial charge >= 0.3 is 0 Å². The average molecular weight is 283 g/mol. The number of hydrogen-bond acceptors (Lipinski definition) is 5. The molecule has 0 heterocycles. The maximum Gasteiger partial charge on any atom is 0.132 e. The lowest BCUT2D eigenvalue weighted by molar-refractivity contribution is 0.0352. The molecule has 2 atom stereocenters. The molecule has 0 aliphatic heterocycles. The SMILES string of the molecule is CCC(C)(CN)C(O)c1c(OC)cc(OC)cc1OC. The van der Waals surface area contributed by atoms with Crippen molar-refractivity contribution < 1.29 is 19.3 Å². The van der Waals surface area contributed by atoms with Gasteiger partial charge in [0, 0.05) is 24.1 Å². The van der Waals surface area contributed by atoms with E-state index in [-0.39, 0.29) is 0 Å². The van der Waals surface area contributed by atoms with Crippen LogP contribution in [0.4, 0.5) is 0 Å². The lowest BCUT2D eigenvalue weighted by Gasteiger charge is -2.34. The Morgan fingerprint density at radius 1 is 1.15 bits per heavy atom. The highest BCUT2D eigenvalue weighted by Crippen LogP contribution is 2.45. The first-order valence-corrected chi connectivity index (χ1v) is 6.65. The molecule has 114 valence electrons. The minimum Gasteiger partial charge on any atom is -0.496 e. The van der Waals surface area contributed by atoms with Crippen molar-refractivity contribution in [2.45, 2.75) is 26.4 Å². The van der Waals surface area contributed by atoms with Crippen molar-refractivity contribution in [3.05, 3.63) is 17.7 Å². The molecular formula is C15H25NO4. The molecule has 3 N–H and O–H groups in total. The van der Waals surface area contributed by atoms with Gasteiger partial charge in [-0.1, -0.05) is 13.8 Å². The summed E-state index contributed by atoms with van der Waals surface area (Å²) in [5.41, 5.74) is 5.98. The van der Waals surface area contributed by atoms with Gasteiger partial charge in [0.15, 0.2) is 0 Å². The highest BCUT2D eigenvalue weighted by atomic mass is 16.5.